The highest BCUT2D eigenvalue weighted by Gasteiger charge is 2.19. The van der Waals surface area contributed by atoms with Crippen molar-refractivity contribution in [2.75, 3.05) is 13.2 Å². The van der Waals surface area contributed by atoms with E-state index >= 15 is 0 Å². The lowest BCUT2D eigenvalue weighted by Gasteiger charge is -2.18. The van der Waals surface area contributed by atoms with E-state index in [1.165, 1.54) is 122 Å². The molecule has 0 aromatic rings. The van der Waals surface area contributed by atoms with Crippen molar-refractivity contribution in [3.05, 3.63) is 97.2 Å². The molecule has 0 aliphatic carbocycles. The standard InChI is InChI=1S/C65H110O6/c1-4-7-10-13-16-19-22-25-27-29-30-31-32-33-34-35-36-37-39-40-43-46-49-52-55-58-64(67)70-61-62(60-69-63(66)57-54-51-48-45-42-24-21-18-15-12-9-6-3)71-65(68)59-56-53-50-47-44-41-38-28-26-23-20-17-14-11-8-5-2/h7,10,16,18-19,21,25,27,30-31,33-34,36-37,40,43,62H,4-6,8-9,11-15,17,20,22-24,26,28-29,32,35,38-39,41-42,44-61H2,1-3H3/b10-7-,19-16-,21-18-,27-25-,31-30-,34-33-,37-36-,43-40-. The van der Waals surface area contributed by atoms with Gasteiger partial charge in [-0.15, -0.1) is 0 Å². The maximum Gasteiger partial charge on any atom is 0.306 e. The molecule has 0 aromatic carbocycles. The number of unbranched alkanes of at least 4 members (excludes halogenated alkanes) is 26. The minimum absolute atomic E-state index is 0.0910. The molecule has 0 aromatic heterocycles. The third kappa shape index (κ3) is 57.1. The minimum Gasteiger partial charge on any atom is -0.462 e. The summed E-state index contributed by atoms with van der Waals surface area (Å²) in [6, 6.07) is 0. The topological polar surface area (TPSA) is 78.9 Å². The summed E-state index contributed by atoms with van der Waals surface area (Å²) in [5.41, 5.74) is 0. The molecule has 0 radical (unpaired) electrons. The maximum absolute atomic E-state index is 12.9. The lowest BCUT2D eigenvalue weighted by molar-refractivity contribution is -0.167. The SMILES string of the molecule is CC/C=C\C/C=C\C/C=C\C/C=C\C/C=C\C/C=C\C/C=C\CCCCCC(=O)OCC(COC(=O)CCCCCCC/C=C\CCCCC)OC(=O)CCCCCCCCCCCCCCCCCC. The predicted octanol–water partition coefficient (Wildman–Crippen LogP) is 20.1. The molecule has 0 N–H and O–H groups in total. The van der Waals surface area contributed by atoms with Gasteiger partial charge in [0, 0.05) is 19.3 Å². The fourth-order valence-electron chi connectivity index (χ4n) is 8.12. The van der Waals surface area contributed by atoms with E-state index in [1.54, 1.807) is 0 Å². The zero-order valence-corrected chi connectivity index (χ0v) is 46.5. The smallest absolute Gasteiger partial charge is 0.306 e. The van der Waals surface area contributed by atoms with Crippen LogP contribution in [-0.4, -0.2) is 37.2 Å². The normalized spacial score (nSPS) is 12.8. The second-order valence-electron chi connectivity index (χ2n) is 19.5. The monoisotopic (exact) mass is 987 g/mol. The largest absolute Gasteiger partial charge is 0.462 e. The van der Waals surface area contributed by atoms with E-state index < -0.39 is 6.10 Å². The van der Waals surface area contributed by atoms with Gasteiger partial charge in [-0.3, -0.25) is 14.4 Å². The summed E-state index contributed by atoms with van der Waals surface area (Å²) in [5, 5.41) is 0. The van der Waals surface area contributed by atoms with Gasteiger partial charge in [0.2, 0.25) is 0 Å². The van der Waals surface area contributed by atoms with E-state index in [0.29, 0.717) is 19.3 Å². The molecule has 0 amide bonds. The molecule has 406 valence electrons. The number of rotatable bonds is 53. The first-order valence-electron chi connectivity index (χ1n) is 29.7. The van der Waals surface area contributed by atoms with Crippen LogP contribution in [0.1, 0.15) is 278 Å². The molecule has 0 aliphatic rings. The van der Waals surface area contributed by atoms with Gasteiger partial charge in [-0.2, -0.15) is 0 Å². The summed E-state index contributed by atoms with van der Waals surface area (Å²) in [4.78, 5) is 38.2. The quantitative estimate of drug-likeness (QED) is 0.0261. The Morgan fingerprint density at radius 3 is 0.915 bits per heavy atom. The third-order valence-electron chi connectivity index (χ3n) is 12.6. The molecule has 1 atom stereocenters. The van der Waals surface area contributed by atoms with Crippen LogP contribution in [0.3, 0.4) is 0 Å². The molecular weight excluding hydrogens is 877 g/mol. The highest BCUT2D eigenvalue weighted by molar-refractivity contribution is 5.71. The zero-order chi connectivity index (χ0) is 51.4. The van der Waals surface area contributed by atoms with Gasteiger partial charge in [0.05, 0.1) is 0 Å². The van der Waals surface area contributed by atoms with Gasteiger partial charge in [0.25, 0.3) is 0 Å². The van der Waals surface area contributed by atoms with Crippen molar-refractivity contribution < 1.29 is 28.6 Å². The second kappa shape index (κ2) is 58.9. The van der Waals surface area contributed by atoms with Crippen LogP contribution in [0, 0.1) is 0 Å². The van der Waals surface area contributed by atoms with Crippen molar-refractivity contribution in [3.63, 3.8) is 0 Å². The first kappa shape index (κ1) is 67.3. The highest BCUT2D eigenvalue weighted by atomic mass is 16.6. The number of hydrogen-bond acceptors (Lipinski definition) is 6. The lowest BCUT2D eigenvalue weighted by atomic mass is 10.0. The van der Waals surface area contributed by atoms with Gasteiger partial charge < -0.3 is 14.2 Å². The van der Waals surface area contributed by atoms with Crippen LogP contribution >= 0.6 is 0 Å². The Morgan fingerprint density at radius 2 is 0.549 bits per heavy atom. The Kier molecular flexibility index (Phi) is 55.9. The number of ether oxygens (including phenoxy) is 3. The number of carbonyl (C=O) groups excluding carboxylic acids is 3. The highest BCUT2D eigenvalue weighted by Crippen LogP contribution is 2.16. The van der Waals surface area contributed by atoms with Crippen molar-refractivity contribution in [1.82, 2.24) is 0 Å². The van der Waals surface area contributed by atoms with E-state index in [2.05, 4.69) is 118 Å². The zero-order valence-electron chi connectivity index (χ0n) is 46.5. The summed E-state index contributed by atoms with van der Waals surface area (Å²) in [5.74, 6) is -0.927. The number of carbonyl (C=O) groups is 3. The van der Waals surface area contributed by atoms with E-state index in [4.69, 9.17) is 14.2 Å². The number of allylic oxidation sites excluding steroid dienone is 16. The molecule has 6 nitrogen and oxygen atoms in total. The van der Waals surface area contributed by atoms with Crippen LogP contribution in [-0.2, 0) is 28.6 Å². The predicted molar refractivity (Wildman–Crippen MR) is 307 cm³/mol. The Hall–Kier alpha value is -3.67. The van der Waals surface area contributed by atoms with Gasteiger partial charge >= 0.3 is 17.9 Å². The molecule has 6 heteroatoms. The molecular formula is C65H110O6. The van der Waals surface area contributed by atoms with E-state index in [0.717, 1.165) is 116 Å². The van der Waals surface area contributed by atoms with Crippen LogP contribution < -0.4 is 0 Å². The molecule has 0 saturated heterocycles. The van der Waals surface area contributed by atoms with Crippen LogP contribution in [0.4, 0.5) is 0 Å². The van der Waals surface area contributed by atoms with Gasteiger partial charge in [-0.05, 0) is 103 Å². The van der Waals surface area contributed by atoms with Crippen LogP contribution in [0.2, 0.25) is 0 Å². The van der Waals surface area contributed by atoms with Crippen molar-refractivity contribution in [2.45, 2.75) is 284 Å². The van der Waals surface area contributed by atoms with Crippen LogP contribution in [0.15, 0.2) is 97.2 Å². The van der Waals surface area contributed by atoms with E-state index in [1.807, 2.05) is 0 Å². The molecule has 0 fully saturated rings. The number of hydrogen-bond donors (Lipinski definition) is 0. The molecule has 0 aliphatic heterocycles. The Morgan fingerprint density at radius 1 is 0.296 bits per heavy atom. The molecule has 0 bridgehead atoms. The van der Waals surface area contributed by atoms with Gasteiger partial charge in [-0.25, -0.2) is 0 Å². The summed E-state index contributed by atoms with van der Waals surface area (Å²) < 4.78 is 16.8. The second-order valence-corrected chi connectivity index (χ2v) is 19.5. The van der Waals surface area contributed by atoms with Gasteiger partial charge in [-0.1, -0.05) is 253 Å². The lowest BCUT2D eigenvalue weighted by Crippen LogP contribution is -2.30. The molecule has 1 unspecified atom stereocenters. The average molecular weight is 988 g/mol. The number of esters is 3. The summed E-state index contributed by atoms with van der Waals surface area (Å²) in [6.07, 6.45) is 78.3. The minimum atomic E-state index is -0.794. The van der Waals surface area contributed by atoms with Crippen molar-refractivity contribution in [3.8, 4) is 0 Å². The molecule has 71 heavy (non-hydrogen) atoms. The Bertz CT molecular complexity index is 1410. The summed E-state index contributed by atoms with van der Waals surface area (Å²) in [6.45, 7) is 6.48. The average Bonchev–Trinajstić information content (AvgIpc) is 3.37. The fraction of sp³-hybridized carbons (Fsp3) is 0.708. The summed E-state index contributed by atoms with van der Waals surface area (Å²) >= 11 is 0. The van der Waals surface area contributed by atoms with Crippen molar-refractivity contribution in [2.24, 2.45) is 0 Å². The Balaban J connectivity index is 4.40. The fourth-order valence-corrected chi connectivity index (χ4v) is 8.12. The molecule has 0 rings (SSSR count). The molecule has 0 saturated carbocycles. The Labute approximate surface area is 438 Å². The van der Waals surface area contributed by atoms with Crippen molar-refractivity contribution >= 4 is 17.9 Å². The maximum atomic E-state index is 12.9. The van der Waals surface area contributed by atoms with Crippen molar-refractivity contribution in [1.29, 1.82) is 0 Å². The van der Waals surface area contributed by atoms with Crippen LogP contribution in [0.25, 0.3) is 0 Å². The van der Waals surface area contributed by atoms with Gasteiger partial charge in [0.1, 0.15) is 13.2 Å². The van der Waals surface area contributed by atoms with Gasteiger partial charge in [0.15, 0.2) is 6.10 Å². The van der Waals surface area contributed by atoms with Crippen LogP contribution in [0.5, 0.6) is 0 Å². The third-order valence-corrected chi connectivity index (χ3v) is 12.6. The first-order chi connectivity index (χ1) is 35.0. The van der Waals surface area contributed by atoms with E-state index in [9.17, 15) is 14.4 Å². The molecule has 0 heterocycles. The molecule has 0 spiro atoms. The van der Waals surface area contributed by atoms with E-state index in [-0.39, 0.29) is 31.1 Å². The first-order valence-corrected chi connectivity index (χ1v) is 29.7. The summed E-state index contributed by atoms with van der Waals surface area (Å²) in [7, 11) is 0.